The Bertz CT molecular complexity index is 670. The predicted molar refractivity (Wildman–Crippen MR) is 85.2 cm³/mol. The van der Waals surface area contributed by atoms with Crippen molar-refractivity contribution in [2.24, 2.45) is 0 Å². The molecule has 0 saturated carbocycles. The average Bonchev–Trinajstić information content (AvgIpc) is 2.71. The number of carbonyl (C=O) groups excluding carboxylic acids is 1. The van der Waals surface area contributed by atoms with E-state index in [1.54, 1.807) is 16.4 Å². The maximum absolute atomic E-state index is 12.9. The molecule has 0 aliphatic carbocycles. The number of benzene rings is 1. The maximum atomic E-state index is 12.9. The van der Waals surface area contributed by atoms with Crippen molar-refractivity contribution >= 4 is 15.8 Å². The third-order valence-electron chi connectivity index (χ3n) is 4.78. The van der Waals surface area contributed by atoms with Gasteiger partial charge in [-0.2, -0.15) is 4.31 Å². The van der Waals surface area contributed by atoms with Crippen LogP contribution in [0.25, 0.3) is 0 Å². The fraction of sp³-hybridized carbons (Fsp3) is 0.588. The summed E-state index contributed by atoms with van der Waals surface area (Å²) in [6.07, 6.45) is 2.34. The van der Waals surface area contributed by atoms with Gasteiger partial charge in [0.05, 0.1) is 4.90 Å². The Balaban J connectivity index is 1.92. The summed E-state index contributed by atoms with van der Waals surface area (Å²) in [5, 5.41) is 0. The first kappa shape index (κ1) is 15.7. The van der Waals surface area contributed by atoms with Gasteiger partial charge in [0.2, 0.25) is 10.0 Å². The van der Waals surface area contributed by atoms with Gasteiger partial charge in [0, 0.05) is 24.9 Å². The molecule has 1 aromatic carbocycles. The second-order valence-corrected chi connectivity index (χ2v) is 9.28. The van der Waals surface area contributed by atoms with Crippen molar-refractivity contribution in [3.63, 3.8) is 0 Å². The van der Waals surface area contributed by atoms with Gasteiger partial charge in [0.25, 0.3) is 0 Å². The van der Waals surface area contributed by atoms with E-state index in [-0.39, 0.29) is 23.3 Å². The lowest BCUT2D eigenvalue weighted by Crippen LogP contribution is -2.46. The van der Waals surface area contributed by atoms with Gasteiger partial charge in [-0.15, -0.1) is 0 Å². The predicted octanol–water partition coefficient (Wildman–Crippen LogP) is 2.87. The van der Waals surface area contributed by atoms with E-state index < -0.39 is 10.0 Å². The van der Waals surface area contributed by atoms with E-state index in [2.05, 4.69) is 20.8 Å². The number of sulfonamides is 1. The molecule has 0 aromatic heterocycles. The monoisotopic (exact) mass is 321 g/mol. The number of Topliss-reactive ketones (excluding diaryl/α,β-unsaturated/α-hetero) is 1. The van der Waals surface area contributed by atoms with E-state index in [1.165, 1.54) is 0 Å². The number of carbonyl (C=O) groups is 1. The van der Waals surface area contributed by atoms with E-state index in [9.17, 15) is 13.2 Å². The highest BCUT2D eigenvalue weighted by Crippen LogP contribution is 2.38. The third kappa shape index (κ3) is 2.61. The standard InChI is InChI=1S/C17H23NO3S/c1-17(2,3)12-4-8-16(9-5-12)22(20,21)18-13-6-7-14(18)11-15(19)10-13/h4-5,8-9,13-14H,6-7,10-11H2,1-3H3/t13-,14-/m0/s1. The van der Waals surface area contributed by atoms with E-state index in [4.69, 9.17) is 0 Å². The quantitative estimate of drug-likeness (QED) is 0.841. The summed E-state index contributed by atoms with van der Waals surface area (Å²) in [4.78, 5) is 12.0. The van der Waals surface area contributed by atoms with Gasteiger partial charge in [-0.1, -0.05) is 32.9 Å². The number of hydrogen-bond donors (Lipinski definition) is 0. The summed E-state index contributed by atoms with van der Waals surface area (Å²) in [5.41, 5.74) is 1.11. The second-order valence-electron chi connectivity index (χ2n) is 7.44. The molecule has 0 N–H and O–H groups in total. The van der Waals surface area contributed by atoms with Crippen LogP contribution in [0.3, 0.4) is 0 Å². The lowest BCUT2D eigenvalue weighted by molar-refractivity contribution is -0.122. The van der Waals surface area contributed by atoms with Gasteiger partial charge < -0.3 is 0 Å². The molecule has 2 bridgehead atoms. The Morgan fingerprint density at radius 3 is 1.95 bits per heavy atom. The minimum Gasteiger partial charge on any atom is -0.300 e. The average molecular weight is 321 g/mol. The lowest BCUT2D eigenvalue weighted by Gasteiger charge is -2.33. The molecule has 0 amide bonds. The molecular formula is C17H23NO3S. The zero-order chi connectivity index (χ0) is 16.1. The van der Waals surface area contributed by atoms with Gasteiger partial charge in [0.15, 0.2) is 0 Å². The van der Waals surface area contributed by atoms with Crippen molar-refractivity contribution in [1.29, 1.82) is 0 Å². The summed E-state index contributed by atoms with van der Waals surface area (Å²) in [7, 11) is -3.50. The van der Waals surface area contributed by atoms with Crippen LogP contribution in [0.4, 0.5) is 0 Å². The van der Waals surface area contributed by atoms with Crippen LogP contribution in [0, 0.1) is 0 Å². The molecule has 0 spiro atoms. The van der Waals surface area contributed by atoms with E-state index >= 15 is 0 Å². The Morgan fingerprint density at radius 1 is 1.00 bits per heavy atom. The van der Waals surface area contributed by atoms with E-state index in [0.717, 1.165) is 18.4 Å². The second kappa shape index (κ2) is 5.17. The highest BCUT2D eigenvalue weighted by molar-refractivity contribution is 7.89. The van der Waals surface area contributed by atoms with Gasteiger partial charge in [-0.25, -0.2) is 8.42 Å². The molecule has 2 aliphatic rings. The Hall–Kier alpha value is -1.20. The lowest BCUT2D eigenvalue weighted by atomic mass is 9.87. The van der Waals surface area contributed by atoms with Crippen LogP contribution in [0.2, 0.25) is 0 Å². The molecule has 2 saturated heterocycles. The largest absolute Gasteiger partial charge is 0.300 e. The fourth-order valence-electron chi connectivity index (χ4n) is 3.57. The van der Waals surface area contributed by atoms with Crippen LogP contribution in [-0.4, -0.2) is 30.6 Å². The zero-order valence-corrected chi connectivity index (χ0v) is 14.2. The Kier molecular flexibility index (Phi) is 3.68. The molecule has 4 nitrogen and oxygen atoms in total. The summed E-state index contributed by atoms with van der Waals surface area (Å²) >= 11 is 0. The van der Waals surface area contributed by atoms with Crippen molar-refractivity contribution in [1.82, 2.24) is 4.31 Å². The van der Waals surface area contributed by atoms with Crippen molar-refractivity contribution < 1.29 is 13.2 Å². The van der Waals surface area contributed by atoms with Crippen LogP contribution in [0.5, 0.6) is 0 Å². The molecule has 2 heterocycles. The zero-order valence-electron chi connectivity index (χ0n) is 13.4. The number of ketones is 1. The Labute approximate surface area is 132 Å². The number of fused-ring (bicyclic) bond motifs is 2. The normalized spacial score (nSPS) is 26.4. The SMILES string of the molecule is CC(C)(C)c1ccc(S(=O)(=O)N2[C@H]3CC[C@H]2CC(=O)C3)cc1. The van der Waals surface area contributed by atoms with Crippen molar-refractivity contribution in [3.05, 3.63) is 29.8 Å². The van der Waals surface area contributed by atoms with E-state index in [1.807, 2.05) is 12.1 Å². The molecule has 3 rings (SSSR count). The summed E-state index contributed by atoms with van der Waals surface area (Å²) < 4.78 is 27.5. The molecule has 2 aliphatic heterocycles. The van der Waals surface area contributed by atoms with Gasteiger partial charge in [-0.05, 0) is 36.0 Å². The number of nitrogens with zero attached hydrogens (tertiary/aromatic N) is 1. The molecular weight excluding hydrogens is 298 g/mol. The molecule has 1 aromatic rings. The van der Waals surface area contributed by atoms with Crippen LogP contribution in [-0.2, 0) is 20.2 Å². The topological polar surface area (TPSA) is 54.5 Å². The fourth-order valence-corrected chi connectivity index (χ4v) is 5.44. The number of rotatable bonds is 2. The molecule has 2 fully saturated rings. The smallest absolute Gasteiger partial charge is 0.243 e. The van der Waals surface area contributed by atoms with Crippen molar-refractivity contribution in [3.8, 4) is 0 Å². The van der Waals surface area contributed by atoms with Crippen LogP contribution < -0.4 is 0 Å². The van der Waals surface area contributed by atoms with Crippen molar-refractivity contribution in [2.75, 3.05) is 0 Å². The molecule has 22 heavy (non-hydrogen) atoms. The first-order valence-corrected chi connectivity index (χ1v) is 9.29. The molecule has 120 valence electrons. The molecule has 0 radical (unpaired) electrons. The summed E-state index contributed by atoms with van der Waals surface area (Å²) in [6, 6.07) is 6.91. The van der Waals surface area contributed by atoms with Crippen molar-refractivity contribution in [2.45, 2.75) is 68.8 Å². The maximum Gasteiger partial charge on any atom is 0.243 e. The molecule has 5 heteroatoms. The Morgan fingerprint density at radius 2 is 1.50 bits per heavy atom. The van der Waals surface area contributed by atoms with Crippen LogP contribution in [0.1, 0.15) is 52.0 Å². The number of piperidine rings is 1. The highest BCUT2D eigenvalue weighted by atomic mass is 32.2. The first-order chi connectivity index (χ1) is 10.2. The summed E-state index contributed by atoms with van der Waals surface area (Å²) in [6.45, 7) is 6.31. The highest BCUT2D eigenvalue weighted by Gasteiger charge is 2.46. The third-order valence-corrected chi connectivity index (χ3v) is 6.79. The first-order valence-electron chi connectivity index (χ1n) is 7.85. The van der Waals surface area contributed by atoms with Gasteiger partial charge >= 0.3 is 0 Å². The number of hydrogen-bond acceptors (Lipinski definition) is 3. The van der Waals surface area contributed by atoms with Crippen LogP contribution >= 0.6 is 0 Å². The van der Waals surface area contributed by atoms with E-state index in [0.29, 0.717) is 17.7 Å². The van der Waals surface area contributed by atoms with Crippen LogP contribution in [0.15, 0.2) is 29.2 Å². The molecule has 2 atom stereocenters. The minimum atomic E-state index is -3.50. The minimum absolute atomic E-state index is 0.00113. The summed E-state index contributed by atoms with van der Waals surface area (Å²) in [5.74, 6) is 0.196. The molecule has 0 unspecified atom stereocenters. The van der Waals surface area contributed by atoms with Gasteiger partial charge in [0.1, 0.15) is 5.78 Å². The van der Waals surface area contributed by atoms with Gasteiger partial charge in [-0.3, -0.25) is 4.79 Å².